The molecule has 23 heavy (non-hydrogen) atoms. The van der Waals surface area contributed by atoms with Gasteiger partial charge < -0.3 is 10.3 Å². The summed E-state index contributed by atoms with van der Waals surface area (Å²) in [5.41, 5.74) is 1.18. The normalized spacial score (nSPS) is 12.1. The first kappa shape index (κ1) is 15.0. The van der Waals surface area contributed by atoms with Gasteiger partial charge in [0.15, 0.2) is 0 Å². The van der Waals surface area contributed by atoms with Crippen molar-refractivity contribution in [3.8, 4) is 0 Å². The number of halogens is 1. The lowest BCUT2D eigenvalue weighted by molar-refractivity contribution is 0.0938. The van der Waals surface area contributed by atoms with Crippen LogP contribution < -0.4 is 10.7 Å². The largest absolute Gasteiger partial charge is 0.360 e. The highest BCUT2D eigenvalue weighted by Crippen LogP contribution is 2.14. The molecule has 0 aliphatic rings. The molecular weight excluding hydrogens is 295 g/mol. The van der Waals surface area contributed by atoms with Gasteiger partial charge in [0.1, 0.15) is 11.4 Å². The first-order valence-electron chi connectivity index (χ1n) is 7.23. The molecule has 0 aliphatic heterocycles. The second kappa shape index (κ2) is 6.04. The number of H-pyrrole nitrogens is 1. The van der Waals surface area contributed by atoms with Gasteiger partial charge in [0.25, 0.3) is 5.91 Å². The molecule has 0 fully saturated rings. The second-order valence-corrected chi connectivity index (χ2v) is 5.32. The summed E-state index contributed by atoms with van der Waals surface area (Å²) in [5.74, 6) is -0.799. The lowest BCUT2D eigenvalue weighted by Crippen LogP contribution is -2.31. The zero-order valence-corrected chi connectivity index (χ0v) is 12.5. The number of nitrogens with one attached hydrogen (secondary N) is 2. The van der Waals surface area contributed by atoms with Crippen molar-refractivity contribution in [3.63, 3.8) is 0 Å². The van der Waals surface area contributed by atoms with Crippen LogP contribution in [0, 0.1) is 5.82 Å². The number of benzene rings is 2. The summed E-state index contributed by atoms with van der Waals surface area (Å²) in [5, 5.41) is 3.22. The van der Waals surface area contributed by atoms with E-state index in [1.165, 1.54) is 18.3 Å². The zero-order valence-electron chi connectivity index (χ0n) is 12.5. The van der Waals surface area contributed by atoms with Crippen LogP contribution in [-0.2, 0) is 0 Å². The molecule has 1 heterocycles. The van der Waals surface area contributed by atoms with Crippen molar-refractivity contribution in [1.82, 2.24) is 10.3 Å². The molecular formula is C18H15FN2O2. The number of hydrogen-bond acceptors (Lipinski definition) is 2. The molecule has 5 heteroatoms. The number of para-hydroxylation sites is 1. The lowest BCUT2D eigenvalue weighted by Gasteiger charge is -2.14. The molecule has 0 aliphatic carbocycles. The highest BCUT2D eigenvalue weighted by atomic mass is 19.1. The van der Waals surface area contributed by atoms with Crippen LogP contribution in [0.5, 0.6) is 0 Å². The fourth-order valence-electron chi connectivity index (χ4n) is 2.45. The molecule has 0 spiro atoms. The summed E-state index contributed by atoms with van der Waals surface area (Å²) in [6, 6.07) is 12.6. The number of carbonyl (C=O) groups is 1. The van der Waals surface area contributed by atoms with E-state index >= 15 is 0 Å². The molecule has 0 bridgehead atoms. The van der Waals surface area contributed by atoms with Crippen LogP contribution in [0.15, 0.2) is 59.5 Å². The fraction of sp³-hybridized carbons (Fsp3) is 0.111. The fourth-order valence-corrected chi connectivity index (χ4v) is 2.45. The first-order chi connectivity index (χ1) is 11.1. The van der Waals surface area contributed by atoms with E-state index in [0.717, 1.165) is 5.56 Å². The Morgan fingerprint density at radius 1 is 1.13 bits per heavy atom. The molecule has 116 valence electrons. The van der Waals surface area contributed by atoms with Crippen LogP contribution in [0.2, 0.25) is 0 Å². The minimum atomic E-state index is -0.464. The van der Waals surface area contributed by atoms with Crippen LogP contribution in [0.4, 0.5) is 4.39 Å². The zero-order chi connectivity index (χ0) is 16.4. The van der Waals surface area contributed by atoms with Crippen molar-refractivity contribution in [2.24, 2.45) is 0 Å². The Kier molecular flexibility index (Phi) is 3.93. The highest BCUT2D eigenvalue weighted by molar-refractivity contribution is 5.97. The minimum absolute atomic E-state index is 0.0534. The number of aromatic amines is 1. The average molecular weight is 310 g/mol. The minimum Gasteiger partial charge on any atom is -0.360 e. The van der Waals surface area contributed by atoms with E-state index in [9.17, 15) is 14.0 Å². The maximum Gasteiger partial charge on any atom is 0.257 e. The number of hydrogen-bond donors (Lipinski definition) is 2. The highest BCUT2D eigenvalue weighted by Gasteiger charge is 2.16. The molecule has 0 radical (unpaired) electrons. The van der Waals surface area contributed by atoms with E-state index in [1.807, 2.05) is 6.07 Å². The topological polar surface area (TPSA) is 62.0 Å². The van der Waals surface area contributed by atoms with Crippen LogP contribution >= 0.6 is 0 Å². The monoisotopic (exact) mass is 310 g/mol. The molecule has 1 atom stereocenters. The maximum atomic E-state index is 12.9. The number of amides is 1. The van der Waals surface area contributed by atoms with E-state index in [-0.39, 0.29) is 22.9 Å². The SMILES string of the molecule is CC(NC(=O)c1c[nH]c2ccccc2c1=O)c1ccc(F)cc1. The van der Waals surface area contributed by atoms with Gasteiger partial charge in [0.2, 0.25) is 5.43 Å². The molecule has 2 N–H and O–H groups in total. The van der Waals surface area contributed by atoms with Gasteiger partial charge in [-0.25, -0.2) is 4.39 Å². The van der Waals surface area contributed by atoms with Gasteiger partial charge in [0.05, 0.1) is 6.04 Å². The van der Waals surface area contributed by atoms with E-state index in [2.05, 4.69) is 10.3 Å². The summed E-state index contributed by atoms with van der Waals surface area (Å²) >= 11 is 0. The molecule has 0 saturated carbocycles. The van der Waals surface area contributed by atoms with Crippen molar-refractivity contribution < 1.29 is 9.18 Å². The summed E-state index contributed by atoms with van der Waals surface area (Å²) in [4.78, 5) is 27.7. The van der Waals surface area contributed by atoms with Crippen LogP contribution in [0.25, 0.3) is 10.9 Å². The molecule has 1 unspecified atom stereocenters. The van der Waals surface area contributed by atoms with Gasteiger partial charge in [-0.1, -0.05) is 24.3 Å². The smallest absolute Gasteiger partial charge is 0.257 e. The number of carbonyl (C=O) groups excluding carboxylic acids is 1. The molecule has 3 rings (SSSR count). The third kappa shape index (κ3) is 2.99. The van der Waals surface area contributed by atoms with Gasteiger partial charge in [-0.3, -0.25) is 9.59 Å². The predicted octanol–water partition coefficient (Wildman–Crippen LogP) is 3.16. The Hall–Kier alpha value is -2.95. The number of pyridine rings is 1. The van der Waals surface area contributed by atoms with E-state index < -0.39 is 5.91 Å². The van der Waals surface area contributed by atoms with Crippen molar-refractivity contribution in [2.75, 3.05) is 0 Å². The standard InChI is InChI=1S/C18H15FN2O2/c1-11(12-6-8-13(19)9-7-12)21-18(23)15-10-20-16-5-3-2-4-14(16)17(15)22/h2-11H,1H3,(H,20,22)(H,21,23). The summed E-state index contributed by atoms with van der Waals surface area (Å²) in [6.07, 6.45) is 1.41. The third-order valence-electron chi connectivity index (χ3n) is 3.75. The average Bonchev–Trinajstić information content (AvgIpc) is 2.56. The van der Waals surface area contributed by atoms with Crippen molar-refractivity contribution in [2.45, 2.75) is 13.0 Å². The van der Waals surface area contributed by atoms with Gasteiger partial charge >= 0.3 is 0 Å². The first-order valence-corrected chi connectivity index (χ1v) is 7.23. The van der Waals surface area contributed by atoms with Gasteiger partial charge in [-0.05, 0) is 36.8 Å². The number of fused-ring (bicyclic) bond motifs is 1. The van der Waals surface area contributed by atoms with Gasteiger partial charge in [-0.2, -0.15) is 0 Å². The van der Waals surface area contributed by atoms with Gasteiger partial charge in [-0.15, -0.1) is 0 Å². The maximum absolute atomic E-state index is 12.9. The van der Waals surface area contributed by atoms with E-state index in [1.54, 1.807) is 37.3 Å². The quantitative estimate of drug-likeness (QED) is 0.780. The Bertz CT molecular complexity index is 916. The second-order valence-electron chi connectivity index (χ2n) is 5.32. The number of rotatable bonds is 3. The van der Waals surface area contributed by atoms with Crippen LogP contribution in [0.3, 0.4) is 0 Å². The Balaban J connectivity index is 1.87. The summed E-state index contributed by atoms with van der Waals surface area (Å²) in [7, 11) is 0. The lowest BCUT2D eigenvalue weighted by atomic mass is 10.1. The summed E-state index contributed by atoms with van der Waals surface area (Å²) < 4.78 is 12.9. The molecule has 0 saturated heterocycles. The summed E-state index contributed by atoms with van der Waals surface area (Å²) in [6.45, 7) is 1.78. The Morgan fingerprint density at radius 3 is 2.57 bits per heavy atom. The number of aromatic nitrogens is 1. The van der Waals surface area contributed by atoms with E-state index in [4.69, 9.17) is 0 Å². The van der Waals surface area contributed by atoms with Crippen molar-refractivity contribution in [3.05, 3.63) is 81.9 Å². The molecule has 1 aromatic heterocycles. The van der Waals surface area contributed by atoms with Crippen LogP contribution in [-0.4, -0.2) is 10.9 Å². The molecule has 3 aromatic rings. The molecule has 1 amide bonds. The Morgan fingerprint density at radius 2 is 1.83 bits per heavy atom. The third-order valence-corrected chi connectivity index (χ3v) is 3.75. The molecule has 2 aromatic carbocycles. The van der Waals surface area contributed by atoms with E-state index in [0.29, 0.717) is 10.9 Å². The molecule has 4 nitrogen and oxygen atoms in total. The van der Waals surface area contributed by atoms with Crippen LogP contribution in [0.1, 0.15) is 28.9 Å². The van der Waals surface area contributed by atoms with Crippen molar-refractivity contribution >= 4 is 16.8 Å². The Labute approximate surface area is 132 Å². The van der Waals surface area contributed by atoms with Gasteiger partial charge in [0, 0.05) is 17.1 Å². The predicted molar refractivity (Wildman–Crippen MR) is 86.8 cm³/mol. The van der Waals surface area contributed by atoms with Crippen molar-refractivity contribution in [1.29, 1.82) is 0 Å².